The number of aromatic nitrogens is 2. The molecule has 1 heterocycles. The Hall–Kier alpha value is -0.720. The number of hydrogen-bond acceptors (Lipinski definition) is 4. The van der Waals surface area contributed by atoms with Crippen LogP contribution in [0.15, 0.2) is 17.6 Å². The fraction of sp³-hybridized carbons (Fsp3) is 0. The highest BCUT2D eigenvalue weighted by molar-refractivity contribution is 7.85. The predicted octanol–water partition coefficient (Wildman–Crippen LogP) is 0.377. The van der Waals surface area contributed by atoms with Crippen LogP contribution in [0.25, 0.3) is 0 Å². The topological polar surface area (TPSA) is 80.2 Å². The lowest BCUT2D eigenvalue weighted by molar-refractivity contribution is 0.474. The second-order valence-corrected chi connectivity index (χ2v) is 3.41. The van der Waals surface area contributed by atoms with Crippen LogP contribution in [0.5, 0.6) is 0 Å². The molecule has 1 rings (SSSR count). The third-order valence-corrected chi connectivity index (χ3v) is 1.69. The molecule has 0 amide bonds. The highest BCUT2D eigenvalue weighted by atomic mass is 35.5. The first-order valence-corrected chi connectivity index (χ1v) is 4.27. The van der Waals surface area contributed by atoms with Crippen molar-refractivity contribution >= 4 is 21.7 Å². The smallest absolute Gasteiger partial charge is 0.279 e. The lowest BCUT2D eigenvalue weighted by Crippen LogP contribution is -2.03. The molecule has 1 aromatic heterocycles. The Balaban J connectivity index is 3.20. The van der Waals surface area contributed by atoms with Crippen LogP contribution in [0.4, 0.5) is 0 Å². The van der Waals surface area contributed by atoms with Crippen LogP contribution in [-0.4, -0.2) is 22.9 Å². The largest absolute Gasteiger partial charge is 0.330 e. The molecule has 0 aliphatic carbocycles. The number of rotatable bonds is 1. The van der Waals surface area contributed by atoms with Crippen LogP contribution in [0.2, 0.25) is 5.02 Å². The normalized spacial score (nSPS) is 11.5. The average molecular weight is 195 g/mol. The molecule has 0 saturated carbocycles. The predicted molar refractivity (Wildman–Crippen MR) is 36.9 cm³/mol. The van der Waals surface area contributed by atoms with Crippen LogP contribution in [0.1, 0.15) is 0 Å². The summed E-state index contributed by atoms with van der Waals surface area (Å²) < 4.78 is 29.0. The van der Waals surface area contributed by atoms with Crippen LogP contribution in [0, 0.1) is 0 Å². The summed E-state index contributed by atoms with van der Waals surface area (Å²) in [5.74, 6) is 0. The maximum atomic E-state index is 10.3. The van der Waals surface area contributed by atoms with Crippen molar-refractivity contribution in [2.75, 3.05) is 0 Å². The zero-order valence-corrected chi connectivity index (χ0v) is 6.67. The monoisotopic (exact) mass is 194 g/mol. The van der Waals surface area contributed by atoms with E-state index in [0.29, 0.717) is 0 Å². The summed E-state index contributed by atoms with van der Waals surface area (Å²) in [5, 5.41) is -0.445. The molecule has 7 heteroatoms. The van der Waals surface area contributed by atoms with Gasteiger partial charge in [0.2, 0.25) is 0 Å². The minimum absolute atomic E-state index is 0.206. The van der Waals surface area contributed by atoms with Crippen LogP contribution < -0.4 is 0 Å². The van der Waals surface area contributed by atoms with Crippen molar-refractivity contribution in [2.45, 2.75) is 5.16 Å². The summed E-state index contributed by atoms with van der Waals surface area (Å²) in [4.78, 5) is 6.54. The van der Waals surface area contributed by atoms with Crippen molar-refractivity contribution in [2.24, 2.45) is 0 Å². The Labute approximate surface area is 67.8 Å². The minimum Gasteiger partial charge on any atom is -0.279 e. The summed E-state index contributed by atoms with van der Waals surface area (Å²) in [6.07, 6.45) is 2.16. The van der Waals surface area contributed by atoms with E-state index < -0.39 is 15.3 Å². The van der Waals surface area contributed by atoms with E-state index in [-0.39, 0.29) is 5.02 Å². The van der Waals surface area contributed by atoms with Crippen LogP contribution >= 0.6 is 11.6 Å². The molecule has 0 bridgehead atoms. The first kappa shape index (κ1) is 8.38. The van der Waals surface area contributed by atoms with Crippen molar-refractivity contribution in [3.63, 3.8) is 0 Å². The Kier molecular flexibility index (Phi) is 2.08. The molecular formula is C4H3ClN2O3S. The molecule has 0 radical (unpaired) electrons. The molecule has 0 unspecified atom stereocenters. The molecule has 0 aromatic carbocycles. The van der Waals surface area contributed by atoms with Gasteiger partial charge in [-0.3, -0.25) is 4.55 Å². The molecule has 0 spiro atoms. The van der Waals surface area contributed by atoms with Crippen molar-refractivity contribution < 1.29 is 13.0 Å². The van der Waals surface area contributed by atoms with E-state index in [9.17, 15) is 8.42 Å². The molecule has 0 aliphatic rings. The molecule has 11 heavy (non-hydrogen) atoms. The summed E-state index contributed by atoms with van der Waals surface area (Å²) in [6, 6.07) is 0. The highest BCUT2D eigenvalue weighted by Crippen LogP contribution is 2.05. The summed E-state index contributed by atoms with van der Waals surface area (Å²) in [6.45, 7) is 0. The summed E-state index contributed by atoms with van der Waals surface area (Å²) in [7, 11) is -4.30. The Morgan fingerprint density at radius 2 is 1.82 bits per heavy atom. The van der Waals surface area contributed by atoms with E-state index in [1.165, 1.54) is 0 Å². The van der Waals surface area contributed by atoms with Crippen molar-refractivity contribution in [3.05, 3.63) is 17.4 Å². The van der Waals surface area contributed by atoms with Gasteiger partial charge in [-0.05, 0) is 0 Å². The van der Waals surface area contributed by atoms with E-state index in [1.54, 1.807) is 0 Å². The molecule has 0 fully saturated rings. The minimum atomic E-state index is -4.30. The van der Waals surface area contributed by atoms with E-state index >= 15 is 0 Å². The Morgan fingerprint density at radius 3 is 2.18 bits per heavy atom. The Bertz CT molecular complexity index is 346. The van der Waals surface area contributed by atoms with E-state index in [1.807, 2.05) is 0 Å². The molecule has 0 saturated heterocycles. The quantitative estimate of drug-likeness (QED) is 0.516. The standard InChI is InChI=1S/C4H3ClN2O3S/c5-3-1-6-4(7-2-3)11(8,9)10/h1-2H,(H,8,9,10). The molecule has 0 aliphatic heterocycles. The zero-order valence-electron chi connectivity index (χ0n) is 5.10. The number of halogens is 1. The van der Waals surface area contributed by atoms with Gasteiger partial charge in [-0.2, -0.15) is 8.42 Å². The van der Waals surface area contributed by atoms with Crippen molar-refractivity contribution in [3.8, 4) is 0 Å². The fourth-order valence-corrected chi connectivity index (χ4v) is 0.903. The van der Waals surface area contributed by atoms with Gasteiger partial charge in [0.25, 0.3) is 5.16 Å². The van der Waals surface area contributed by atoms with E-state index in [2.05, 4.69) is 9.97 Å². The maximum Gasteiger partial charge on any atom is 0.330 e. The molecule has 60 valence electrons. The van der Waals surface area contributed by atoms with E-state index in [4.69, 9.17) is 16.2 Å². The van der Waals surface area contributed by atoms with Gasteiger partial charge < -0.3 is 0 Å². The van der Waals surface area contributed by atoms with Gasteiger partial charge in [0, 0.05) is 0 Å². The lowest BCUT2D eigenvalue weighted by atomic mass is 10.7. The van der Waals surface area contributed by atoms with Gasteiger partial charge in [-0.25, -0.2) is 9.97 Å². The van der Waals surface area contributed by atoms with Gasteiger partial charge in [-0.1, -0.05) is 11.6 Å². The lowest BCUT2D eigenvalue weighted by Gasteiger charge is -1.92. The van der Waals surface area contributed by atoms with E-state index in [0.717, 1.165) is 12.4 Å². The van der Waals surface area contributed by atoms with Gasteiger partial charge in [0.15, 0.2) is 0 Å². The third kappa shape index (κ3) is 2.11. The van der Waals surface area contributed by atoms with Gasteiger partial charge in [0.1, 0.15) is 0 Å². The SMILES string of the molecule is O=S(=O)(O)c1ncc(Cl)cn1. The van der Waals surface area contributed by atoms with Crippen molar-refractivity contribution in [1.82, 2.24) is 9.97 Å². The molecule has 0 atom stereocenters. The fourth-order valence-electron chi connectivity index (χ4n) is 0.434. The first-order valence-electron chi connectivity index (χ1n) is 2.45. The number of nitrogens with zero attached hydrogens (tertiary/aromatic N) is 2. The molecule has 1 aromatic rings. The second-order valence-electron chi connectivity index (χ2n) is 1.66. The number of hydrogen-bond donors (Lipinski definition) is 1. The average Bonchev–Trinajstić information content (AvgIpc) is 1.86. The summed E-state index contributed by atoms with van der Waals surface area (Å²) in [5.41, 5.74) is 0. The van der Waals surface area contributed by atoms with Crippen LogP contribution in [-0.2, 0) is 10.1 Å². The Morgan fingerprint density at radius 1 is 1.36 bits per heavy atom. The zero-order chi connectivity index (χ0) is 8.48. The third-order valence-electron chi connectivity index (χ3n) is 0.827. The maximum absolute atomic E-state index is 10.3. The second kappa shape index (κ2) is 2.72. The van der Waals surface area contributed by atoms with Gasteiger partial charge >= 0.3 is 10.1 Å². The molecular weight excluding hydrogens is 192 g/mol. The molecule has 5 nitrogen and oxygen atoms in total. The summed E-state index contributed by atoms with van der Waals surface area (Å²) >= 11 is 5.36. The molecule has 1 N–H and O–H groups in total. The van der Waals surface area contributed by atoms with Crippen LogP contribution in [0.3, 0.4) is 0 Å². The van der Waals surface area contributed by atoms with Crippen molar-refractivity contribution in [1.29, 1.82) is 0 Å². The highest BCUT2D eigenvalue weighted by Gasteiger charge is 2.11. The van der Waals surface area contributed by atoms with Gasteiger partial charge in [-0.15, -0.1) is 0 Å². The van der Waals surface area contributed by atoms with Gasteiger partial charge in [0.05, 0.1) is 17.4 Å². The first-order chi connectivity index (χ1) is 5.00.